The van der Waals surface area contributed by atoms with E-state index in [2.05, 4.69) is 20.3 Å². The molecule has 8 heteroatoms. The summed E-state index contributed by atoms with van der Waals surface area (Å²) in [7, 11) is 0. The van der Waals surface area contributed by atoms with Crippen molar-refractivity contribution in [3.8, 4) is 0 Å². The van der Waals surface area contributed by atoms with E-state index in [-0.39, 0.29) is 17.2 Å². The summed E-state index contributed by atoms with van der Waals surface area (Å²) in [6.45, 7) is 0. The van der Waals surface area contributed by atoms with Gasteiger partial charge < -0.3 is 4.98 Å². The predicted octanol–water partition coefficient (Wildman–Crippen LogP) is 2.12. The van der Waals surface area contributed by atoms with Gasteiger partial charge in [0.15, 0.2) is 5.65 Å². The number of hydrogen-bond donors (Lipinski definition) is 2. The molecule has 0 unspecified atom stereocenters. The number of H-pyrrole nitrogens is 1. The van der Waals surface area contributed by atoms with Crippen molar-refractivity contribution < 1.29 is 9.72 Å². The number of benzene rings is 1. The Morgan fingerprint density at radius 1 is 1.29 bits per heavy atom. The van der Waals surface area contributed by atoms with E-state index in [0.717, 1.165) is 0 Å². The van der Waals surface area contributed by atoms with Gasteiger partial charge in [0.25, 0.3) is 11.6 Å². The number of non-ortho nitro benzene ring substituents is 1. The highest BCUT2D eigenvalue weighted by Gasteiger charge is 2.13. The minimum absolute atomic E-state index is 0.145. The number of imidazole rings is 1. The average molecular weight is 283 g/mol. The van der Waals surface area contributed by atoms with E-state index in [0.29, 0.717) is 11.2 Å². The molecule has 3 rings (SSSR count). The second-order valence-electron chi connectivity index (χ2n) is 4.22. The van der Waals surface area contributed by atoms with Gasteiger partial charge >= 0.3 is 0 Å². The summed E-state index contributed by atoms with van der Waals surface area (Å²) in [4.78, 5) is 33.3. The maximum atomic E-state index is 12.1. The minimum Gasteiger partial charge on any atom is -0.308 e. The van der Waals surface area contributed by atoms with Gasteiger partial charge in [0, 0.05) is 23.9 Å². The van der Waals surface area contributed by atoms with E-state index in [1.165, 1.54) is 24.3 Å². The summed E-state index contributed by atoms with van der Waals surface area (Å²) in [5.74, 6) is -0.252. The fraction of sp³-hybridized carbons (Fsp3) is 0. The van der Waals surface area contributed by atoms with Crippen LogP contribution >= 0.6 is 0 Å². The SMILES string of the molecule is O=C(Nc1nc2cccnc2[nH]1)c1cccc([N+](=O)[O-])c1. The third-order valence-electron chi connectivity index (χ3n) is 2.81. The topological polar surface area (TPSA) is 114 Å². The van der Waals surface area contributed by atoms with Gasteiger partial charge in [0.1, 0.15) is 5.52 Å². The van der Waals surface area contributed by atoms with Crippen molar-refractivity contribution in [2.45, 2.75) is 0 Å². The molecule has 21 heavy (non-hydrogen) atoms. The number of hydrogen-bond acceptors (Lipinski definition) is 5. The van der Waals surface area contributed by atoms with Gasteiger partial charge in [-0.05, 0) is 18.2 Å². The molecule has 1 aromatic carbocycles. The van der Waals surface area contributed by atoms with Crippen molar-refractivity contribution in [2.24, 2.45) is 0 Å². The molecule has 0 aliphatic heterocycles. The standard InChI is InChI=1S/C13H9N5O3/c19-12(8-3-1-4-9(7-8)18(20)21)17-13-15-10-5-2-6-14-11(10)16-13/h1-7H,(H2,14,15,16,17,19). The van der Waals surface area contributed by atoms with Crippen LogP contribution in [0.15, 0.2) is 42.6 Å². The molecule has 3 aromatic rings. The summed E-state index contributed by atoms with van der Waals surface area (Å²) in [6.07, 6.45) is 1.60. The summed E-state index contributed by atoms with van der Waals surface area (Å²) in [5, 5.41) is 13.2. The zero-order chi connectivity index (χ0) is 14.8. The number of nitro groups is 1. The van der Waals surface area contributed by atoms with Crippen molar-refractivity contribution in [3.63, 3.8) is 0 Å². The molecule has 0 aliphatic rings. The lowest BCUT2D eigenvalue weighted by atomic mass is 10.2. The van der Waals surface area contributed by atoms with E-state index in [1.54, 1.807) is 18.3 Å². The van der Waals surface area contributed by atoms with E-state index in [4.69, 9.17) is 0 Å². The van der Waals surface area contributed by atoms with Crippen LogP contribution < -0.4 is 5.32 Å². The summed E-state index contributed by atoms with van der Waals surface area (Å²) in [6, 6.07) is 8.95. The molecule has 2 aromatic heterocycles. The molecule has 0 radical (unpaired) electrons. The van der Waals surface area contributed by atoms with E-state index < -0.39 is 10.8 Å². The fourth-order valence-electron chi connectivity index (χ4n) is 1.84. The highest BCUT2D eigenvalue weighted by molar-refractivity contribution is 6.04. The van der Waals surface area contributed by atoms with Gasteiger partial charge in [-0.25, -0.2) is 9.97 Å². The number of amides is 1. The first-order valence-corrected chi connectivity index (χ1v) is 6.00. The Morgan fingerprint density at radius 2 is 2.14 bits per heavy atom. The molecule has 2 N–H and O–H groups in total. The van der Waals surface area contributed by atoms with Crippen molar-refractivity contribution in [3.05, 3.63) is 58.3 Å². The molecule has 0 saturated carbocycles. The quantitative estimate of drug-likeness (QED) is 0.564. The van der Waals surface area contributed by atoms with Crippen molar-refractivity contribution in [1.82, 2.24) is 15.0 Å². The Bertz CT molecular complexity index is 809. The number of carbonyl (C=O) groups is 1. The molecule has 0 saturated heterocycles. The molecule has 0 spiro atoms. The largest absolute Gasteiger partial charge is 0.308 e. The van der Waals surface area contributed by atoms with Crippen molar-refractivity contribution in [2.75, 3.05) is 5.32 Å². The Balaban J connectivity index is 1.85. The summed E-state index contributed by atoms with van der Waals surface area (Å²) >= 11 is 0. The number of aromatic amines is 1. The number of fused-ring (bicyclic) bond motifs is 1. The molecule has 0 atom stereocenters. The number of aromatic nitrogens is 3. The molecule has 104 valence electrons. The van der Waals surface area contributed by atoms with Gasteiger partial charge in [0.05, 0.1) is 4.92 Å². The number of rotatable bonds is 3. The van der Waals surface area contributed by atoms with Gasteiger partial charge in [-0.15, -0.1) is 0 Å². The van der Waals surface area contributed by atoms with E-state index in [9.17, 15) is 14.9 Å². The molecule has 0 aliphatic carbocycles. The average Bonchev–Trinajstić information content (AvgIpc) is 2.89. The summed E-state index contributed by atoms with van der Waals surface area (Å²) < 4.78 is 0. The highest BCUT2D eigenvalue weighted by atomic mass is 16.6. The van der Waals surface area contributed by atoms with Crippen molar-refractivity contribution in [1.29, 1.82) is 0 Å². The van der Waals surface area contributed by atoms with Crippen LogP contribution in [-0.4, -0.2) is 25.8 Å². The van der Waals surface area contributed by atoms with Gasteiger partial charge in [-0.1, -0.05) is 6.07 Å². The predicted molar refractivity (Wildman–Crippen MR) is 74.9 cm³/mol. The molecule has 0 bridgehead atoms. The molecular formula is C13H9N5O3. The highest BCUT2D eigenvalue weighted by Crippen LogP contribution is 2.15. The second kappa shape index (κ2) is 5.00. The molecule has 1 amide bonds. The zero-order valence-corrected chi connectivity index (χ0v) is 10.6. The van der Waals surface area contributed by atoms with Crippen LogP contribution in [0.5, 0.6) is 0 Å². The van der Waals surface area contributed by atoms with Gasteiger partial charge in [-0.3, -0.25) is 20.2 Å². The van der Waals surface area contributed by atoms with Crippen LogP contribution in [0.2, 0.25) is 0 Å². The lowest BCUT2D eigenvalue weighted by molar-refractivity contribution is -0.384. The number of anilines is 1. The van der Waals surface area contributed by atoms with E-state index in [1.807, 2.05) is 0 Å². The molecular weight excluding hydrogens is 274 g/mol. The van der Waals surface area contributed by atoms with Gasteiger partial charge in [0.2, 0.25) is 5.95 Å². The molecule has 2 heterocycles. The number of pyridine rings is 1. The Kier molecular flexibility index (Phi) is 3.03. The first-order valence-electron chi connectivity index (χ1n) is 6.00. The first-order chi connectivity index (χ1) is 10.1. The Hall–Kier alpha value is -3.29. The third-order valence-corrected chi connectivity index (χ3v) is 2.81. The number of nitrogens with one attached hydrogen (secondary N) is 2. The number of carbonyl (C=O) groups excluding carboxylic acids is 1. The number of nitro benzene ring substituents is 1. The van der Waals surface area contributed by atoms with Crippen LogP contribution in [0.25, 0.3) is 11.2 Å². The maximum absolute atomic E-state index is 12.1. The molecule has 8 nitrogen and oxygen atoms in total. The van der Waals surface area contributed by atoms with Gasteiger partial charge in [-0.2, -0.15) is 0 Å². The van der Waals surface area contributed by atoms with Crippen LogP contribution in [0.4, 0.5) is 11.6 Å². The van der Waals surface area contributed by atoms with Crippen molar-refractivity contribution >= 4 is 28.7 Å². The first kappa shape index (κ1) is 12.7. The third kappa shape index (κ3) is 2.54. The zero-order valence-electron chi connectivity index (χ0n) is 10.6. The monoisotopic (exact) mass is 283 g/mol. The van der Waals surface area contributed by atoms with E-state index >= 15 is 0 Å². The van der Waals surface area contributed by atoms with Crippen LogP contribution in [0, 0.1) is 10.1 Å². The van der Waals surface area contributed by atoms with Crippen LogP contribution in [-0.2, 0) is 0 Å². The minimum atomic E-state index is -0.554. The second-order valence-corrected chi connectivity index (χ2v) is 4.22. The maximum Gasteiger partial charge on any atom is 0.270 e. The Morgan fingerprint density at radius 3 is 2.90 bits per heavy atom. The molecule has 0 fully saturated rings. The Labute approximate surface area is 118 Å². The number of nitrogens with zero attached hydrogens (tertiary/aromatic N) is 3. The fourth-order valence-corrected chi connectivity index (χ4v) is 1.84. The van der Waals surface area contributed by atoms with Crippen LogP contribution in [0.1, 0.15) is 10.4 Å². The van der Waals surface area contributed by atoms with Crippen LogP contribution in [0.3, 0.4) is 0 Å². The summed E-state index contributed by atoms with van der Waals surface area (Å²) in [5.41, 5.74) is 1.20. The smallest absolute Gasteiger partial charge is 0.270 e. The lowest BCUT2D eigenvalue weighted by Gasteiger charge is -2.01. The normalized spacial score (nSPS) is 10.5. The lowest BCUT2D eigenvalue weighted by Crippen LogP contribution is -2.13.